The molecule has 0 bridgehead atoms. The average molecular weight is 841 g/mol. The molecule has 12 nitrogen and oxygen atoms in total. The SMILES string of the molecule is CCC[Si-]123OC(c4ccccc4)=NN1C(C)(C)CC(C)=[N+]2N=C(c1ccccc1)O3.CCC[Si-]123OC(c4ccccc4)=NN1C(C)(C)CC(C)=[N+]2N=C(c1ccccc1)O3. The molecule has 6 heterocycles. The van der Waals surface area contributed by atoms with E-state index in [0.717, 1.165) is 71.4 Å². The summed E-state index contributed by atoms with van der Waals surface area (Å²) in [6.07, 6.45) is 3.48. The Morgan fingerprint density at radius 1 is 0.483 bits per heavy atom. The number of hydrazone groups is 4. The van der Waals surface area contributed by atoms with Gasteiger partial charge in [-0.2, -0.15) is 0 Å². The molecule has 0 radical (unpaired) electrons. The molecule has 0 fully saturated rings. The first-order valence-electron chi connectivity index (χ1n) is 21.3. The molecule has 6 aliphatic heterocycles. The second-order valence-electron chi connectivity index (χ2n) is 18.0. The van der Waals surface area contributed by atoms with Gasteiger partial charge in [0.15, 0.2) is 0 Å². The van der Waals surface area contributed by atoms with Crippen LogP contribution in [0.4, 0.5) is 0 Å². The van der Waals surface area contributed by atoms with Gasteiger partial charge in [-0.15, -0.1) is 0 Å². The van der Waals surface area contributed by atoms with Crippen LogP contribution < -0.4 is 0 Å². The van der Waals surface area contributed by atoms with E-state index in [9.17, 15) is 0 Å². The van der Waals surface area contributed by atoms with Crippen molar-refractivity contribution >= 4 is 51.3 Å². The molecule has 0 aromatic heterocycles. The van der Waals surface area contributed by atoms with Crippen LogP contribution in [0.2, 0.25) is 12.1 Å². The molecule has 14 heteroatoms. The van der Waals surface area contributed by atoms with Gasteiger partial charge in [0, 0.05) is 0 Å². The Balaban J connectivity index is 0.000000154. The van der Waals surface area contributed by atoms with E-state index in [1.807, 2.05) is 121 Å². The van der Waals surface area contributed by atoms with Crippen LogP contribution in [-0.4, -0.2) is 80.5 Å². The van der Waals surface area contributed by atoms with E-state index in [1.54, 1.807) is 0 Å². The summed E-state index contributed by atoms with van der Waals surface area (Å²) in [7, 11) is -7.96. The zero-order valence-electron chi connectivity index (χ0n) is 36.0. The summed E-state index contributed by atoms with van der Waals surface area (Å²) in [6.45, 7) is 17.5. The first-order valence-corrected chi connectivity index (χ1v) is 26.1. The molecule has 0 N–H and O–H groups in total. The first-order chi connectivity index (χ1) is 28.8. The molecule has 312 valence electrons. The Hall–Kier alpha value is -5.87. The summed E-state index contributed by atoms with van der Waals surface area (Å²) in [5.41, 5.74) is 5.65. The fourth-order valence-corrected chi connectivity index (χ4v) is 22.0. The molecule has 0 amide bonds. The van der Waals surface area contributed by atoms with Crippen molar-refractivity contribution in [2.24, 2.45) is 20.4 Å². The molecule has 60 heavy (non-hydrogen) atoms. The second-order valence-corrected chi connectivity index (χ2v) is 26.1. The predicted molar refractivity (Wildman–Crippen MR) is 241 cm³/mol. The number of rotatable bonds is 8. The fourth-order valence-electron chi connectivity index (χ4n) is 10.4. The molecule has 0 saturated carbocycles. The topological polar surface area (TPSA) is 98.9 Å². The molecule has 2 spiro atoms. The third-order valence-corrected chi connectivity index (χ3v) is 23.2. The Kier molecular flexibility index (Phi) is 9.13. The van der Waals surface area contributed by atoms with Crippen molar-refractivity contribution in [2.45, 2.75) is 104 Å². The molecular weight excluding hydrogens is 785 g/mol. The van der Waals surface area contributed by atoms with Gasteiger partial charge in [-0.05, 0) is 0 Å². The molecule has 0 atom stereocenters. The van der Waals surface area contributed by atoms with Gasteiger partial charge in [-0.3, -0.25) is 0 Å². The Labute approximate surface area is 354 Å². The van der Waals surface area contributed by atoms with Crippen LogP contribution in [-0.2, 0) is 17.7 Å². The summed E-state index contributed by atoms with van der Waals surface area (Å²) in [5.74, 6) is 2.47. The van der Waals surface area contributed by atoms with Crippen LogP contribution in [0.15, 0.2) is 142 Å². The minimum atomic E-state index is -3.98. The summed E-state index contributed by atoms with van der Waals surface area (Å²) >= 11 is 0. The van der Waals surface area contributed by atoms with Crippen LogP contribution in [0.25, 0.3) is 0 Å². The van der Waals surface area contributed by atoms with E-state index in [2.05, 4.69) is 73.4 Å². The van der Waals surface area contributed by atoms with Gasteiger partial charge < -0.3 is 0 Å². The van der Waals surface area contributed by atoms with Gasteiger partial charge in [-0.25, -0.2) is 0 Å². The molecule has 6 aliphatic rings. The summed E-state index contributed by atoms with van der Waals surface area (Å²) in [4.78, 5) is 0. The Morgan fingerprint density at radius 2 is 0.767 bits per heavy atom. The first kappa shape index (κ1) is 39.6. The zero-order chi connectivity index (χ0) is 42.0. The Bertz CT molecular complexity index is 2360. The molecule has 10 rings (SSSR count). The molecule has 4 aromatic rings. The van der Waals surface area contributed by atoms with Gasteiger partial charge in [0.05, 0.1) is 0 Å². The maximum atomic E-state index is 6.95. The zero-order valence-corrected chi connectivity index (χ0v) is 38.0. The summed E-state index contributed by atoms with van der Waals surface area (Å²) in [5, 5.41) is 20.1. The van der Waals surface area contributed by atoms with E-state index in [0.29, 0.717) is 23.6 Å². The monoisotopic (exact) mass is 840 g/mol. The standard InChI is InChI=1S/2C23H28N4O2Si/c2*1-5-16-30-26(24-21(28-30)19-12-8-6-9-13-19)18(2)17-23(3,4)27(30)25-22(29-30)20-14-10-7-11-15-20/h2*6-15H,5,16-17H2,1-4H3. The van der Waals surface area contributed by atoms with Crippen molar-refractivity contribution in [1.29, 1.82) is 0 Å². The van der Waals surface area contributed by atoms with Gasteiger partial charge in [0.1, 0.15) is 0 Å². The average Bonchev–Trinajstić information content (AvgIpc) is 3.99. The van der Waals surface area contributed by atoms with Gasteiger partial charge in [0.25, 0.3) is 0 Å². The third-order valence-electron chi connectivity index (χ3n) is 12.3. The van der Waals surface area contributed by atoms with Crippen LogP contribution in [0.1, 0.15) is 103 Å². The molecule has 0 aliphatic carbocycles. The van der Waals surface area contributed by atoms with Crippen molar-refractivity contribution in [2.75, 3.05) is 0 Å². The van der Waals surface area contributed by atoms with Crippen LogP contribution in [0.3, 0.4) is 0 Å². The van der Waals surface area contributed by atoms with E-state index in [1.165, 1.54) is 0 Å². The normalized spacial score (nSPS) is 23.9. The third kappa shape index (κ3) is 5.74. The van der Waals surface area contributed by atoms with Crippen LogP contribution >= 0.6 is 0 Å². The fraction of sp³-hybridized carbons (Fsp3) is 0.348. The number of hydrogen-bond donors (Lipinski definition) is 0. The summed E-state index contributed by atoms with van der Waals surface area (Å²) in [6, 6.07) is 41.8. The maximum absolute atomic E-state index is 6.95. The van der Waals surface area contributed by atoms with Crippen molar-refractivity contribution < 1.29 is 26.4 Å². The molecule has 0 unspecified atom stereocenters. The number of hydrogen-bond acceptors (Lipinski definition) is 10. The van der Waals surface area contributed by atoms with Gasteiger partial charge in [-0.1, -0.05) is 0 Å². The van der Waals surface area contributed by atoms with Crippen molar-refractivity contribution in [3.63, 3.8) is 0 Å². The molecule has 4 aromatic carbocycles. The summed E-state index contributed by atoms with van der Waals surface area (Å²) < 4.78 is 36.3. The van der Waals surface area contributed by atoms with Crippen LogP contribution in [0, 0.1) is 0 Å². The van der Waals surface area contributed by atoms with E-state index < -0.39 is 16.3 Å². The van der Waals surface area contributed by atoms with Gasteiger partial charge in [0.2, 0.25) is 0 Å². The predicted octanol–water partition coefficient (Wildman–Crippen LogP) is 9.06. The van der Waals surface area contributed by atoms with Crippen molar-refractivity contribution in [3.8, 4) is 0 Å². The number of nitrogens with zero attached hydrogens (tertiary/aromatic N) is 8. The number of benzene rings is 4. The van der Waals surface area contributed by atoms with Gasteiger partial charge >= 0.3 is 355 Å². The van der Waals surface area contributed by atoms with E-state index in [-0.39, 0.29) is 11.1 Å². The van der Waals surface area contributed by atoms with Crippen LogP contribution in [0.5, 0.6) is 0 Å². The second kappa shape index (κ2) is 13.8. The van der Waals surface area contributed by atoms with Crippen molar-refractivity contribution in [1.82, 2.24) is 9.35 Å². The van der Waals surface area contributed by atoms with Crippen molar-refractivity contribution in [3.05, 3.63) is 144 Å². The molecular formula is C46H56N8O4Si2. The van der Waals surface area contributed by atoms with E-state index in [4.69, 9.17) is 38.1 Å². The quantitative estimate of drug-likeness (QED) is 0.164. The molecule has 0 saturated heterocycles. The minimum absolute atomic E-state index is 0.248. The van der Waals surface area contributed by atoms with E-state index >= 15 is 0 Å². The Morgan fingerprint density at radius 3 is 1.07 bits per heavy atom.